The Hall–Kier alpha value is -0.130. The summed E-state index contributed by atoms with van der Waals surface area (Å²) in [5, 5.41) is 0. The first-order valence-corrected chi connectivity index (χ1v) is 5.42. The summed E-state index contributed by atoms with van der Waals surface area (Å²) in [6, 6.07) is 0. The first kappa shape index (κ1) is 11.9. The average molecular weight is 195 g/mol. The summed E-state index contributed by atoms with van der Waals surface area (Å²) in [6.45, 7) is 7.33. The molecule has 0 fully saturated rings. The molecule has 1 N–H and O–H groups in total. The van der Waals surface area contributed by atoms with Crippen LogP contribution in [-0.4, -0.2) is 20.6 Å². The minimum absolute atomic E-state index is 0.162. The van der Waals surface area contributed by atoms with Gasteiger partial charge >= 0.3 is 10.3 Å². The van der Waals surface area contributed by atoms with E-state index in [2.05, 4.69) is 8.91 Å². The summed E-state index contributed by atoms with van der Waals surface area (Å²) < 4.78 is 29.1. The molecule has 4 nitrogen and oxygen atoms in total. The van der Waals surface area contributed by atoms with Crippen LogP contribution in [0.3, 0.4) is 0 Å². The van der Waals surface area contributed by atoms with Crippen molar-refractivity contribution in [1.29, 1.82) is 0 Å². The number of hydrogen-bond donors (Lipinski definition) is 1. The average Bonchev–Trinajstić information content (AvgIpc) is 1.85. The van der Waals surface area contributed by atoms with Gasteiger partial charge in [0.15, 0.2) is 0 Å². The molecule has 0 bridgehead atoms. The minimum atomic E-state index is -3.55. The van der Waals surface area contributed by atoms with Crippen molar-refractivity contribution in [3.63, 3.8) is 0 Å². The van der Waals surface area contributed by atoms with Gasteiger partial charge in [-0.05, 0) is 27.2 Å². The van der Waals surface area contributed by atoms with E-state index < -0.39 is 15.8 Å². The maximum atomic E-state index is 11.1. The Morgan fingerprint density at radius 3 is 2.17 bits per heavy atom. The fraction of sp³-hybridized carbons (Fsp3) is 1.00. The van der Waals surface area contributed by atoms with Crippen LogP contribution >= 0.6 is 0 Å². The smallest absolute Gasteiger partial charge is 0.258 e. The van der Waals surface area contributed by atoms with E-state index in [0.29, 0.717) is 0 Å². The van der Waals surface area contributed by atoms with E-state index in [4.69, 9.17) is 0 Å². The Kier molecular flexibility index (Phi) is 4.16. The molecule has 0 atom stereocenters. The van der Waals surface area contributed by atoms with E-state index in [0.717, 1.165) is 6.42 Å². The fourth-order valence-corrected chi connectivity index (χ4v) is 1.79. The monoisotopic (exact) mass is 195 g/mol. The summed E-state index contributed by atoms with van der Waals surface area (Å²) >= 11 is 0. The Balaban J connectivity index is 4.25. The Bertz CT molecular complexity index is 221. The second-order valence-electron chi connectivity index (χ2n) is 3.20. The van der Waals surface area contributed by atoms with E-state index in [1.165, 1.54) is 0 Å². The van der Waals surface area contributed by atoms with Crippen molar-refractivity contribution in [3.05, 3.63) is 0 Å². The van der Waals surface area contributed by atoms with Crippen molar-refractivity contribution < 1.29 is 12.6 Å². The van der Waals surface area contributed by atoms with Gasteiger partial charge in [-0.15, -0.1) is 0 Å². The maximum Gasteiger partial charge on any atom is 0.336 e. The third kappa shape index (κ3) is 4.69. The highest BCUT2D eigenvalue weighted by molar-refractivity contribution is 7.84. The minimum Gasteiger partial charge on any atom is -0.258 e. The lowest BCUT2D eigenvalue weighted by Crippen LogP contribution is -2.43. The molecule has 5 heteroatoms. The zero-order valence-corrected chi connectivity index (χ0v) is 8.86. The van der Waals surface area contributed by atoms with E-state index in [1.807, 2.05) is 20.8 Å². The highest BCUT2D eigenvalue weighted by atomic mass is 32.2. The van der Waals surface area contributed by atoms with E-state index in [1.54, 1.807) is 6.92 Å². The highest BCUT2D eigenvalue weighted by Crippen LogP contribution is 2.09. The molecular weight excluding hydrogens is 178 g/mol. The lowest BCUT2D eigenvalue weighted by atomic mass is 10.0. The van der Waals surface area contributed by atoms with Crippen molar-refractivity contribution in [2.75, 3.05) is 6.61 Å². The summed E-state index contributed by atoms with van der Waals surface area (Å²) in [4.78, 5) is 0. The van der Waals surface area contributed by atoms with Gasteiger partial charge in [-0.1, -0.05) is 6.92 Å². The molecule has 74 valence electrons. The highest BCUT2D eigenvalue weighted by Gasteiger charge is 2.22. The molecule has 0 aromatic carbocycles. The first-order chi connectivity index (χ1) is 5.33. The number of rotatable bonds is 5. The van der Waals surface area contributed by atoms with Gasteiger partial charge in [-0.2, -0.15) is 13.1 Å². The van der Waals surface area contributed by atoms with Gasteiger partial charge in [0.2, 0.25) is 0 Å². The summed E-state index contributed by atoms with van der Waals surface area (Å²) in [6.07, 6.45) is 0.722. The maximum absolute atomic E-state index is 11.1. The molecule has 0 aliphatic rings. The molecule has 0 aromatic heterocycles. The second-order valence-corrected chi connectivity index (χ2v) is 4.55. The van der Waals surface area contributed by atoms with Crippen molar-refractivity contribution in [3.8, 4) is 0 Å². The SMILES string of the molecule is CCOS(=O)(=O)NC(C)(C)CC. The molecule has 0 radical (unpaired) electrons. The molecule has 0 aliphatic heterocycles. The van der Waals surface area contributed by atoms with Crippen LogP contribution in [0.15, 0.2) is 0 Å². The standard InChI is InChI=1S/C7H17NO3S/c1-5-7(3,4)8-12(9,10)11-6-2/h8H,5-6H2,1-4H3. The Morgan fingerprint density at radius 2 is 1.83 bits per heavy atom. The van der Waals surface area contributed by atoms with Crippen LogP contribution in [0.4, 0.5) is 0 Å². The first-order valence-electron chi connectivity index (χ1n) is 4.01. The topological polar surface area (TPSA) is 55.4 Å². The quantitative estimate of drug-likeness (QED) is 0.713. The molecule has 0 saturated heterocycles. The van der Waals surface area contributed by atoms with E-state index >= 15 is 0 Å². The third-order valence-corrected chi connectivity index (χ3v) is 2.91. The molecule has 0 aliphatic carbocycles. The van der Waals surface area contributed by atoms with Crippen LogP contribution in [0.25, 0.3) is 0 Å². The zero-order chi connectivity index (χ0) is 9.83. The fourth-order valence-electron chi connectivity index (χ4n) is 0.595. The van der Waals surface area contributed by atoms with Crippen molar-refractivity contribution in [1.82, 2.24) is 4.72 Å². The van der Waals surface area contributed by atoms with Gasteiger partial charge in [0, 0.05) is 5.54 Å². The second kappa shape index (κ2) is 4.20. The molecule has 0 unspecified atom stereocenters. The third-order valence-electron chi connectivity index (χ3n) is 1.56. The zero-order valence-electron chi connectivity index (χ0n) is 8.05. The van der Waals surface area contributed by atoms with Gasteiger partial charge in [-0.25, -0.2) is 0 Å². The van der Waals surface area contributed by atoms with E-state index in [9.17, 15) is 8.42 Å². The molecule has 0 amide bonds. The molecule has 0 rings (SSSR count). The van der Waals surface area contributed by atoms with Crippen LogP contribution < -0.4 is 4.72 Å². The number of nitrogens with one attached hydrogen (secondary N) is 1. The van der Waals surface area contributed by atoms with Crippen molar-refractivity contribution in [2.45, 2.75) is 39.7 Å². The Morgan fingerprint density at radius 1 is 1.33 bits per heavy atom. The normalized spacial score (nSPS) is 13.3. The van der Waals surface area contributed by atoms with Gasteiger partial charge in [0.25, 0.3) is 0 Å². The van der Waals surface area contributed by atoms with Crippen LogP contribution in [0.2, 0.25) is 0 Å². The summed E-state index contributed by atoms with van der Waals surface area (Å²) in [5.74, 6) is 0. The Labute approximate surface area is 74.6 Å². The van der Waals surface area contributed by atoms with Gasteiger partial charge in [0.1, 0.15) is 0 Å². The van der Waals surface area contributed by atoms with Gasteiger partial charge < -0.3 is 0 Å². The molecular formula is C7H17NO3S. The van der Waals surface area contributed by atoms with E-state index in [-0.39, 0.29) is 6.61 Å². The van der Waals surface area contributed by atoms with Crippen LogP contribution in [0.1, 0.15) is 34.1 Å². The lowest BCUT2D eigenvalue weighted by molar-refractivity contribution is 0.311. The predicted octanol–water partition coefficient (Wildman–Crippen LogP) is 1.05. The molecule has 12 heavy (non-hydrogen) atoms. The van der Waals surface area contributed by atoms with Gasteiger partial charge in [0.05, 0.1) is 6.61 Å². The molecule has 0 spiro atoms. The van der Waals surface area contributed by atoms with Crippen molar-refractivity contribution in [2.24, 2.45) is 0 Å². The van der Waals surface area contributed by atoms with Crippen molar-refractivity contribution >= 4 is 10.3 Å². The molecule has 0 aromatic rings. The predicted molar refractivity (Wildman–Crippen MR) is 48.1 cm³/mol. The largest absolute Gasteiger partial charge is 0.336 e. The summed E-state index contributed by atoms with van der Waals surface area (Å²) in [7, 11) is -3.55. The summed E-state index contributed by atoms with van der Waals surface area (Å²) in [5.41, 5.74) is -0.437. The lowest BCUT2D eigenvalue weighted by Gasteiger charge is -2.23. The number of hydrogen-bond acceptors (Lipinski definition) is 3. The van der Waals surface area contributed by atoms with Crippen LogP contribution in [0, 0.1) is 0 Å². The molecule has 0 saturated carbocycles. The molecule has 0 heterocycles. The van der Waals surface area contributed by atoms with Crippen LogP contribution in [-0.2, 0) is 14.5 Å². The van der Waals surface area contributed by atoms with Crippen LogP contribution in [0.5, 0.6) is 0 Å². The van der Waals surface area contributed by atoms with Gasteiger partial charge in [-0.3, -0.25) is 4.18 Å².